The van der Waals surface area contributed by atoms with Gasteiger partial charge in [0.15, 0.2) is 0 Å². The van der Waals surface area contributed by atoms with Crippen LogP contribution in [-0.4, -0.2) is 31.6 Å². The Balaban J connectivity index is 2.05. The molecule has 0 saturated heterocycles. The fourth-order valence-electron chi connectivity index (χ4n) is 2.93. The molecule has 152 valence electrons. The van der Waals surface area contributed by atoms with Crippen LogP contribution in [0.2, 0.25) is 5.02 Å². The molecule has 29 heavy (non-hydrogen) atoms. The predicted molar refractivity (Wildman–Crippen MR) is 114 cm³/mol. The van der Waals surface area contributed by atoms with Crippen LogP contribution in [0.4, 0.5) is 0 Å². The molecule has 0 spiro atoms. The van der Waals surface area contributed by atoms with Crippen LogP contribution in [0.25, 0.3) is 22.3 Å². The summed E-state index contributed by atoms with van der Waals surface area (Å²) in [5.74, 6) is -0.375. The number of carbonyl (C=O) groups excluding carboxylic acids is 1. The van der Waals surface area contributed by atoms with Crippen molar-refractivity contribution in [3.63, 3.8) is 0 Å². The van der Waals surface area contributed by atoms with E-state index in [-0.39, 0.29) is 17.2 Å². The number of hydroxylamine groups is 2. The number of nitrogens with zero attached hydrogens (tertiary/aromatic N) is 1. The van der Waals surface area contributed by atoms with Crippen molar-refractivity contribution < 1.29 is 18.4 Å². The van der Waals surface area contributed by atoms with Crippen LogP contribution in [0, 0.1) is 0 Å². The number of hydrogen-bond acceptors (Lipinski definition) is 5. The number of sulfonamides is 1. The molecule has 0 aliphatic heterocycles. The van der Waals surface area contributed by atoms with Gasteiger partial charge < -0.3 is 0 Å². The lowest BCUT2D eigenvalue weighted by molar-refractivity contribution is -0.159. The minimum atomic E-state index is -3.77. The highest BCUT2D eigenvalue weighted by Crippen LogP contribution is 2.40. The van der Waals surface area contributed by atoms with Crippen LogP contribution >= 0.6 is 22.9 Å². The number of benzene rings is 2. The van der Waals surface area contributed by atoms with Gasteiger partial charge in [-0.05, 0) is 47.2 Å². The highest BCUT2D eigenvalue weighted by Gasteiger charge is 2.18. The van der Waals surface area contributed by atoms with E-state index >= 15 is 0 Å². The number of thiophene rings is 1. The van der Waals surface area contributed by atoms with Crippen LogP contribution in [0.3, 0.4) is 0 Å². The number of rotatable bonds is 6. The van der Waals surface area contributed by atoms with Gasteiger partial charge in [-0.25, -0.2) is 18.6 Å². The number of halogens is 1. The second-order valence-electron chi connectivity index (χ2n) is 6.44. The fourth-order valence-corrected chi connectivity index (χ4v) is 4.65. The third kappa shape index (κ3) is 5.04. The van der Waals surface area contributed by atoms with Crippen LogP contribution in [-0.2, 0) is 21.2 Å². The van der Waals surface area contributed by atoms with Gasteiger partial charge in [0.2, 0.25) is 15.9 Å². The first-order valence-corrected chi connectivity index (χ1v) is 11.4. The molecule has 0 bridgehead atoms. The maximum absolute atomic E-state index is 11.8. The fraction of sp³-hybridized carbons (Fsp3) is 0.150. The molecule has 1 amide bonds. The van der Waals surface area contributed by atoms with Crippen molar-refractivity contribution in [3.8, 4) is 22.3 Å². The van der Waals surface area contributed by atoms with Gasteiger partial charge in [0.25, 0.3) is 0 Å². The monoisotopic (exact) mass is 450 g/mol. The second kappa shape index (κ2) is 8.64. The van der Waals surface area contributed by atoms with Crippen molar-refractivity contribution in [2.75, 3.05) is 7.05 Å². The molecule has 0 saturated carbocycles. The van der Waals surface area contributed by atoms with Crippen LogP contribution < -0.4 is 5.14 Å². The van der Waals surface area contributed by atoms with E-state index in [9.17, 15) is 18.4 Å². The zero-order valence-corrected chi connectivity index (χ0v) is 17.9. The Kier molecular flexibility index (Phi) is 6.40. The maximum atomic E-state index is 11.8. The average Bonchev–Trinajstić information content (AvgIpc) is 3.10. The summed E-state index contributed by atoms with van der Waals surface area (Å²) in [4.78, 5) is 12.8. The molecule has 9 heteroatoms. The predicted octanol–water partition coefficient (Wildman–Crippen LogP) is 4.16. The van der Waals surface area contributed by atoms with Crippen molar-refractivity contribution in [2.24, 2.45) is 5.14 Å². The van der Waals surface area contributed by atoms with E-state index in [1.807, 2.05) is 17.5 Å². The molecular formula is C20H19ClN2O4S2. The van der Waals surface area contributed by atoms with Crippen molar-refractivity contribution in [3.05, 3.63) is 63.8 Å². The Morgan fingerprint density at radius 2 is 1.69 bits per heavy atom. The van der Waals surface area contributed by atoms with E-state index in [1.54, 1.807) is 24.3 Å². The average molecular weight is 451 g/mol. The van der Waals surface area contributed by atoms with E-state index < -0.39 is 10.0 Å². The van der Waals surface area contributed by atoms with Gasteiger partial charge in [0.05, 0.1) is 4.90 Å². The first kappa shape index (κ1) is 21.5. The Morgan fingerprint density at radius 3 is 2.24 bits per heavy atom. The summed E-state index contributed by atoms with van der Waals surface area (Å²) in [6, 6.07) is 13.7. The summed E-state index contributed by atoms with van der Waals surface area (Å²) in [6.45, 7) is 0. The second-order valence-corrected chi connectivity index (χ2v) is 9.40. The van der Waals surface area contributed by atoms with Crippen LogP contribution in [0.5, 0.6) is 0 Å². The standard InChI is InChI=1S/C20H19ClN2O4S2/c1-23(25)19(24)11-10-18-20(14-2-6-15(21)7-3-14)17(12-28-18)13-4-8-16(9-5-13)29(22,26)27/h2-9,12,25H,10-11H2,1H3,(H2,22,26,27). The first-order valence-electron chi connectivity index (χ1n) is 8.62. The molecule has 0 atom stereocenters. The van der Waals surface area contributed by atoms with Gasteiger partial charge in [0.1, 0.15) is 0 Å². The van der Waals surface area contributed by atoms with Crippen molar-refractivity contribution in [1.29, 1.82) is 0 Å². The van der Waals surface area contributed by atoms with Gasteiger partial charge in [-0.1, -0.05) is 35.9 Å². The maximum Gasteiger partial charge on any atom is 0.246 e. The van der Waals surface area contributed by atoms with Crippen molar-refractivity contribution >= 4 is 38.9 Å². The summed E-state index contributed by atoms with van der Waals surface area (Å²) in [5, 5.41) is 17.7. The zero-order chi connectivity index (χ0) is 21.2. The van der Waals surface area contributed by atoms with E-state index in [4.69, 9.17) is 16.7 Å². The molecule has 6 nitrogen and oxygen atoms in total. The Morgan fingerprint density at radius 1 is 1.10 bits per heavy atom. The number of aryl methyl sites for hydroxylation is 1. The zero-order valence-electron chi connectivity index (χ0n) is 15.5. The molecule has 0 radical (unpaired) electrons. The first-order chi connectivity index (χ1) is 13.7. The van der Waals surface area contributed by atoms with Gasteiger partial charge in [-0.15, -0.1) is 11.3 Å². The molecule has 0 aliphatic carbocycles. The van der Waals surface area contributed by atoms with E-state index in [0.717, 1.165) is 27.1 Å². The quantitative estimate of drug-likeness (QED) is 0.434. The molecular weight excluding hydrogens is 432 g/mol. The normalized spacial score (nSPS) is 11.4. The Bertz CT molecular complexity index is 1120. The highest BCUT2D eigenvalue weighted by molar-refractivity contribution is 7.89. The molecule has 1 aromatic heterocycles. The summed E-state index contributed by atoms with van der Waals surface area (Å²) < 4.78 is 23.0. The van der Waals surface area contributed by atoms with E-state index in [2.05, 4.69) is 0 Å². The smallest absolute Gasteiger partial charge is 0.246 e. The SMILES string of the molecule is CN(O)C(=O)CCc1scc(-c2ccc(S(N)(=O)=O)cc2)c1-c1ccc(Cl)cc1. The molecule has 2 aromatic carbocycles. The van der Waals surface area contributed by atoms with E-state index in [1.165, 1.54) is 30.5 Å². The Hall–Kier alpha value is -2.23. The highest BCUT2D eigenvalue weighted by atomic mass is 35.5. The molecule has 1 heterocycles. The summed E-state index contributed by atoms with van der Waals surface area (Å²) in [6.07, 6.45) is 0.625. The number of amides is 1. The van der Waals surface area contributed by atoms with E-state index in [0.29, 0.717) is 16.5 Å². The molecule has 3 N–H and O–H groups in total. The lowest BCUT2D eigenvalue weighted by Crippen LogP contribution is -2.22. The van der Waals surface area contributed by atoms with Crippen LogP contribution in [0.15, 0.2) is 58.8 Å². The van der Waals surface area contributed by atoms with Gasteiger partial charge in [-0.2, -0.15) is 0 Å². The lowest BCUT2D eigenvalue weighted by Gasteiger charge is -2.11. The van der Waals surface area contributed by atoms with Gasteiger partial charge in [0, 0.05) is 34.5 Å². The summed E-state index contributed by atoms with van der Waals surface area (Å²) in [7, 11) is -2.47. The molecule has 0 unspecified atom stereocenters. The third-order valence-electron chi connectivity index (χ3n) is 4.42. The molecule has 3 aromatic rings. The topological polar surface area (TPSA) is 101 Å². The van der Waals surface area contributed by atoms with Gasteiger partial charge >= 0.3 is 0 Å². The third-order valence-corrected chi connectivity index (χ3v) is 6.65. The number of primary sulfonamides is 1. The summed E-state index contributed by atoms with van der Waals surface area (Å²) in [5.41, 5.74) is 3.62. The van der Waals surface area contributed by atoms with Gasteiger partial charge in [-0.3, -0.25) is 10.0 Å². The largest absolute Gasteiger partial charge is 0.286 e. The van der Waals surface area contributed by atoms with Crippen molar-refractivity contribution in [2.45, 2.75) is 17.7 Å². The lowest BCUT2D eigenvalue weighted by atomic mass is 9.95. The molecule has 3 rings (SSSR count). The minimum absolute atomic E-state index is 0.0429. The number of hydrogen-bond donors (Lipinski definition) is 2. The van der Waals surface area contributed by atoms with Crippen LogP contribution in [0.1, 0.15) is 11.3 Å². The number of carbonyl (C=O) groups is 1. The molecule has 0 aliphatic rings. The summed E-state index contributed by atoms with van der Waals surface area (Å²) >= 11 is 7.53. The molecule has 0 fully saturated rings. The number of nitrogens with two attached hydrogens (primary N) is 1. The Labute approximate surface area is 178 Å². The van der Waals surface area contributed by atoms with Crippen molar-refractivity contribution in [1.82, 2.24) is 5.06 Å². The minimum Gasteiger partial charge on any atom is -0.286 e.